The second-order valence-corrected chi connectivity index (χ2v) is 25.6. The number of hydrogen-bond donors (Lipinski definition) is 2. The maximum absolute atomic E-state index is 13.0. The molecule has 0 aromatic carbocycles. The van der Waals surface area contributed by atoms with Crippen molar-refractivity contribution in [3.63, 3.8) is 0 Å². The summed E-state index contributed by atoms with van der Waals surface area (Å²) >= 11 is 0. The second-order valence-electron chi connectivity index (χ2n) is 24.2. The number of likely N-dealkylation sites (N-methyl/N-ethyl adjacent to an activating group) is 1. The van der Waals surface area contributed by atoms with Crippen LogP contribution in [0.25, 0.3) is 0 Å². The minimum absolute atomic E-state index is 0.00943. The Labute approximate surface area is 485 Å². The van der Waals surface area contributed by atoms with Gasteiger partial charge in [0.1, 0.15) is 13.2 Å². The summed E-state index contributed by atoms with van der Waals surface area (Å²) < 4.78 is 23.4. The van der Waals surface area contributed by atoms with Gasteiger partial charge in [-0.25, -0.2) is 0 Å². The normalized spacial score (nSPS) is 14.1. The van der Waals surface area contributed by atoms with E-state index in [9.17, 15) is 19.4 Å². The lowest BCUT2D eigenvalue weighted by atomic mass is 10.0. The Morgan fingerprint density at radius 1 is 0.449 bits per heavy atom. The van der Waals surface area contributed by atoms with E-state index in [1.807, 2.05) is 27.2 Å². The highest BCUT2D eigenvalue weighted by molar-refractivity contribution is 7.45. The lowest BCUT2D eigenvalue weighted by molar-refractivity contribution is -0.870. The van der Waals surface area contributed by atoms with E-state index < -0.39 is 26.6 Å². The van der Waals surface area contributed by atoms with Gasteiger partial charge in [0.15, 0.2) is 0 Å². The van der Waals surface area contributed by atoms with Crippen LogP contribution < -0.4 is 10.2 Å². The van der Waals surface area contributed by atoms with Crippen molar-refractivity contribution in [3.05, 3.63) is 60.8 Å². The van der Waals surface area contributed by atoms with Gasteiger partial charge in [0.2, 0.25) is 5.91 Å². The molecule has 458 valence electrons. The van der Waals surface area contributed by atoms with Gasteiger partial charge in [0.25, 0.3) is 7.82 Å². The molecule has 1 amide bonds. The number of carbonyl (C=O) groups excluding carboxylic acids is 1. The van der Waals surface area contributed by atoms with Crippen LogP contribution in [0.15, 0.2) is 60.8 Å². The van der Waals surface area contributed by atoms with Gasteiger partial charge < -0.3 is 28.8 Å². The van der Waals surface area contributed by atoms with Gasteiger partial charge in [-0.05, 0) is 77.0 Å². The van der Waals surface area contributed by atoms with Crippen LogP contribution in [0.4, 0.5) is 0 Å². The number of carbonyl (C=O) groups is 1. The molecule has 0 spiro atoms. The molecule has 0 rings (SSSR count). The fourth-order valence-electron chi connectivity index (χ4n) is 9.92. The molecule has 3 atom stereocenters. The molecule has 0 heterocycles. The van der Waals surface area contributed by atoms with Crippen LogP contribution in [0.3, 0.4) is 0 Å². The Kier molecular flexibility index (Phi) is 58.4. The van der Waals surface area contributed by atoms with E-state index >= 15 is 0 Å². The number of rotatable bonds is 62. The van der Waals surface area contributed by atoms with Gasteiger partial charge in [0, 0.05) is 6.42 Å². The predicted molar refractivity (Wildman–Crippen MR) is 339 cm³/mol. The van der Waals surface area contributed by atoms with E-state index in [-0.39, 0.29) is 12.5 Å². The molecule has 78 heavy (non-hydrogen) atoms. The molecule has 3 unspecified atom stereocenters. The zero-order chi connectivity index (χ0) is 57.0. The molecular formula is C69H131N2O6P. The molecule has 0 aliphatic rings. The summed E-state index contributed by atoms with van der Waals surface area (Å²) in [4.78, 5) is 25.6. The van der Waals surface area contributed by atoms with Crippen LogP contribution in [-0.2, 0) is 18.4 Å². The molecular weight excluding hydrogens is 984 g/mol. The standard InChI is InChI=1S/C69H131N2O6P/c1-6-8-10-12-14-16-18-20-22-24-26-28-29-30-31-32-33-34-35-36-37-38-39-40-41-43-45-47-49-51-53-55-57-59-61-63-69(73)70-67(66-77-78(74,75)76-65-64-71(3,4)5)68(72)62-60-58-56-54-52-50-48-46-44-42-27-25-23-21-19-17-15-13-11-9-7-2/h29-30,32-33,44,46,52,54,60,62,67-68,72H,6-28,31,34-43,45,47-51,53,55-59,61,63-66H2,1-5H3,(H-,70,73,74,75)/b30-29-,33-32-,46-44+,54-52+,62-60+. The van der Waals surface area contributed by atoms with Gasteiger partial charge in [-0.3, -0.25) is 9.36 Å². The van der Waals surface area contributed by atoms with Crippen molar-refractivity contribution in [2.45, 2.75) is 334 Å². The lowest BCUT2D eigenvalue weighted by Gasteiger charge is -2.29. The summed E-state index contributed by atoms with van der Waals surface area (Å²) in [6.45, 7) is 4.66. The molecule has 0 radical (unpaired) electrons. The van der Waals surface area contributed by atoms with E-state index in [0.717, 1.165) is 51.4 Å². The van der Waals surface area contributed by atoms with Gasteiger partial charge in [0.05, 0.1) is 39.9 Å². The fourth-order valence-corrected chi connectivity index (χ4v) is 10.6. The van der Waals surface area contributed by atoms with E-state index in [1.54, 1.807) is 6.08 Å². The topological polar surface area (TPSA) is 108 Å². The van der Waals surface area contributed by atoms with Crippen molar-refractivity contribution in [2.24, 2.45) is 0 Å². The molecule has 0 bridgehead atoms. The minimum atomic E-state index is -4.61. The number of quaternary nitrogens is 1. The minimum Gasteiger partial charge on any atom is -0.756 e. The monoisotopic (exact) mass is 1110 g/mol. The third-order valence-electron chi connectivity index (χ3n) is 15.2. The van der Waals surface area contributed by atoms with Crippen LogP contribution in [-0.4, -0.2) is 68.5 Å². The third-order valence-corrected chi connectivity index (χ3v) is 16.1. The Hall–Kier alpha value is -1.80. The lowest BCUT2D eigenvalue weighted by Crippen LogP contribution is -2.45. The number of aliphatic hydroxyl groups excluding tert-OH is 1. The number of unbranched alkanes of at least 4 members (excludes halogenated alkanes) is 41. The average molecular weight is 1120 g/mol. The summed E-state index contributed by atoms with van der Waals surface area (Å²) in [6.07, 6.45) is 82.0. The van der Waals surface area contributed by atoms with Crippen LogP contribution >= 0.6 is 7.82 Å². The van der Waals surface area contributed by atoms with E-state index in [2.05, 4.69) is 67.8 Å². The number of nitrogens with one attached hydrogen (secondary N) is 1. The molecule has 0 fully saturated rings. The summed E-state index contributed by atoms with van der Waals surface area (Å²) in [5.41, 5.74) is 0. The van der Waals surface area contributed by atoms with Crippen molar-refractivity contribution in [1.82, 2.24) is 5.32 Å². The molecule has 0 aliphatic carbocycles. The molecule has 0 aromatic rings. The Bertz CT molecular complexity index is 1450. The molecule has 0 saturated heterocycles. The van der Waals surface area contributed by atoms with Crippen LogP contribution in [0.1, 0.15) is 322 Å². The zero-order valence-electron chi connectivity index (χ0n) is 52.4. The fraction of sp³-hybridized carbons (Fsp3) is 0.841. The first-order chi connectivity index (χ1) is 38.0. The highest BCUT2D eigenvalue weighted by atomic mass is 31.2. The summed E-state index contributed by atoms with van der Waals surface area (Å²) in [5, 5.41) is 13.9. The summed E-state index contributed by atoms with van der Waals surface area (Å²) in [5.74, 6) is -0.208. The average Bonchev–Trinajstić information content (AvgIpc) is 3.41. The van der Waals surface area contributed by atoms with Gasteiger partial charge in [-0.15, -0.1) is 0 Å². The van der Waals surface area contributed by atoms with Crippen molar-refractivity contribution in [1.29, 1.82) is 0 Å². The highest BCUT2D eigenvalue weighted by Gasteiger charge is 2.23. The van der Waals surface area contributed by atoms with E-state index in [1.165, 1.54) is 250 Å². The molecule has 2 N–H and O–H groups in total. The quantitative estimate of drug-likeness (QED) is 0.0272. The highest BCUT2D eigenvalue weighted by Crippen LogP contribution is 2.38. The van der Waals surface area contributed by atoms with Crippen molar-refractivity contribution < 1.29 is 32.9 Å². The van der Waals surface area contributed by atoms with Crippen LogP contribution in [0.5, 0.6) is 0 Å². The van der Waals surface area contributed by atoms with E-state index in [4.69, 9.17) is 9.05 Å². The number of aliphatic hydroxyl groups is 1. The van der Waals surface area contributed by atoms with E-state index in [0.29, 0.717) is 17.4 Å². The molecule has 0 aromatic heterocycles. The number of nitrogens with zero attached hydrogens (tertiary/aromatic N) is 1. The van der Waals surface area contributed by atoms with Crippen LogP contribution in [0.2, 0.25) is 0 Å². The smallest absolute Gasteiger partial charge is 0.268 e. The molecule has 0 saturated carbocycles. The number of amides is 1. The number of allylic oxidation sites excluding steroid dienone is 9. The van der Waals surface area contributed by atoms with Gasteiger partial charge in [-0.1, -0.05) is 299 Å². The van der Waals surface area contributed by atoms with Gasteiger partial charge in [-0.2, -0.15) is 0 Å². The molecule has 9 heteroatoms. The molecule has 0 aliphatic heterocycles. The zero-order valence-corrected chi connectivity index (χ0v) is 53.3. The first kappa shape index (κ1) is 76.2. The number of phosphoric ester groups is 1. The predicted octanol–water partition coefficient (Wildman–Crippen LogP) is 20.6. The largest absolute Gasteiger partial charge is 0.756 e. The maximum atomic E-state index is 13.0. The Morgan fingerprint density at radius 2 is 0.756 bits per heavy atom. The van der Waals surface area contributed by atoms with Crippen LogP contribution in [0, 0.1) is 0 Å². The molecule has 8 nitrogen and oxygen atoms in total. The maximum Gasteiger partial charge on any atom is 0.268 e. The number of hydrogen-bond acceptors (Lipinski definition) is 6. The Balaban J connectivity index is 4.08. The van der Waals surface area contributed by atoms with Crippen molar-refractivity contribution in [2.75, 3.05) is 40.9 Å². The number of phosphoric acid groups is 1. The summed E-state index contributed by atoms with van der Waals surface area (Å²) in [7, 11) is 1.24. The van der Waals surface area contributed by atoms with Crippen molar-refractivity contribution >= 4 is 13.7 Å². The van der Waals surface area contributed by atoms with Crippen molar-refractivity contribution in [3.8, 4) is 0 Å². The van der Waals surface area contributed by atoms with Gasteiger partial charge >= 0.3 is 0 Å². The SMILES string of the molecule is CCCCCCCCCCCCC/C=C\C/C=C\CCCCCCCCCCCCCCCCCCCC(=O)NC(COP(=O)([O-])OCC[N+](C)(C)C)C(O)/C=C/CC/C=C/CC/C=C/CCCCCCCCCCCCC. The third kappa shape index (κ3) is 61.8. The summed E-state index contributed by atoms with van der Waals surface area (Å²) in [6, 6.07) is -0.912. The first-order valence-corrected chi connectivity index (χ1v) is 35.1. The first-order valence-electron chi connectivity index (χ1n) is 33.7. The second kappa shape index (κ2) is 59.8. The Morgan fingerprint density at radius 3 is 1.12 bits per heavy atom.